The number of hydrogen-bond acceptors (Lipinski definition) is 2. The molecule has 0 aliphatic carbocycles. The quantitative estimate of drug-likeness (QED) is 0.752. The van der Waals surface area contributed by atoms with Crippen molar-refractivity contribution in [1.82, 2.24) is 4.90 Å². The van der Waals surface area contributed by atoms with Gasteiger partial charge in [0.05, 0.1) is 6.04 Å². The standard InChI is InChI=1S/C13H19NO/c1-10-7-5-6-8-13(10)9-14(4)11(2)12(3)15/h5-8,11H,9H2,1-4H3. The third-order valence-corrected chi connectivity index (χ3v) is 2.93. The minimum atomic E-state index is -0.00962. The van der Waals surface area contributed by atoms with Gasteiger partial charge in [0.2, 0.25) is 0 Å². The maximum absolute atomic E-state index is 11.2. The SMILES string of the molecule is CC(=O)C(C)N(C)Cc1ccccc1C. The first-order valence-corrected chi connectivity index (χ1v) is 5.27. The van der Waals surface area contributed by atoms with Crippen LogP contribution in [0.1, 0.15) is 25.0 Å². The van der Waals surface area contributed by atoms with Crippen LogP contribution in [0.5, 0.6) is 0 Å². The molecule has 0 amide bonds. The van der Waals surface area contributed by atoms with Crippen LogP contribution in [0.4, 0.5) is 0 Å². The average molecular weight is 205 g/mol. The summed E-state index contributed by atoms with van der Waals surface area (Å²) in [5.74, 6) is 0.214. The first-order chi connectivity index (χ1) is 7.02. The first-order valence-electron chi connectivity index (χ1n) is 5.27. The van der Waals surface area contributed by atoms with Gasteiger partial charge in [-0.3, -0.25) is 9.69 Å². The van der Waals surface area contributed by atoms with Gasteiger partial charge in [-0.2, -0.15) is 0 Å². The Kier molecular flexibility index (Phi) is 4.04. The number of hydrogen-bond donors (Lipinski definition) is 0. The third kappa shape index (κ3) is 3.17. The monoisotopic (exact) mass is 205 g/mol. The highest BCUT2D eigenvalue weighted by Crippen LogP contribution is 2.11. The van der Waals surface area contributed by atoms with Gasteiger partial charge in [-0.05, 0) is 38.9 Å². The van der Waals surface area contributed by atoms with Gasteiger partial charge in [0.15, 0.2) is 0 Å². The number of likely N-dealkylation sites (N-methyl/N-ethyl adjacent to an activating group) is 1. The van der Waals surface area contributed by atoms with E-state index in [0.29, 0.717) is 0 Å². The second-order valence-electron chi connectivity index (χ2n) is 4.13. The Bertz CT molecular complexity index is 346. The van der Waals surface area contributed by atoms with Gasteiger partial charge in [-0.1, -0.05) is 24.3 Å². The van der Waals surface area contributed by atoms with Gasteiger partial charge >= 0.3 is 0 Å². The molecule has 0 fully saturated rings. The molecule has 0 aliphatic heterocycles. The molecule has 1 aromatic rings. The highest BCUT2D eigenvalue weighted by Gasteiger charge is 2.14. The van der Waals surface area contributed by atoms with E-state index in [2.05, 4.69) is 24.0 Å². The molecule has 15 heavy (non-hydrogen) atoms. The number of ketones is 1. The Morgan fingerprint density at radius 3 is 2.53 bits per heavy atom. The van der Waals surface area contributed by atoms with Crippen LogP contribution in [-0.2, 0) is 11.3 Å². The largest absolute Gasteiger partial charge is 0.298 e. The van der Waals surface area contributed by atoms with E-state index in [9.17, 15) is 4.79 Å². The van der Waals surface area contributed by atoms with Crippen molar-refractivity contribution in [1.29, 1.82) is 0 Å². The molecule has 0 aliphatic rings. The van der Waals surface area contributed by atoms with Crippen molar-refractivity contribution >= 4 is 5.78 Å². The van der Waals surface area contributed by atoms with Gasteiger partial charge in [-0.15, -0.1) is 0 Å². The molecular formula is C13H19NO. The lowest BCUT2D eigenvalue weighted by Gasteiger charge is -2.23. The van der Waals surface area contributed by atoms with Crippen LogP contribution in [0.25, 0.3) is 0 Å². The van der Waals surface area contributed by atoms with Crippen LogP contribution in [0.2, 0.25) is 0 Å². The van der Waals surface area contributed by atoms with Crippen LogP contribution >= 0.6 is 0 Å². The van der Waals surface area contributed by atoms with Crippen molar-refractivity contribution in [2.45, 2.75) is 33.4 Å². The number of carbonyl (C=O) groups excluding carboxylic acids is 1. The molecular weight excluding hydrogens is 186 g/mol. The minimum Gasteiger partial charge on any atom is -0.298 e. The Hall–Kier alpha value is -1.15. The number of carbonyl (C=O) groups is 1. The predicted octanol–water partition coefficient (Wildman–Crippen LogP) is 2.40. The van der Waals surface area contributed by atoms with E-state index in [1.165, 1.54) is 11.1 Å². The van der Waals surface area contributed by atoms with E-state index in [0.717, 1.165) is 6.54 Å². The maximum Gasteiger partial charge on any atom is 0.146 e. The second kappa shape index (κ2) is 5.08. The van der Waals surface area contributed by atoms with Crippen LogP contribution < -0.4 is 0 Å². The number of Topliss-reactive ketones (excluding diaryl/α,β-unsaturated/α-hetero) is 1. The summed E-state index contributed by atoms with van der Waals surface area (Å²) in [4.78, 5) is 13.3. The van der Waals surface area contributed by atoms with Crippen molar-refractivity contribution in [2.75, 3.05) is 7.05 Å². The van der Waals surface area contributed by atoms with Crippen molar-refractivity contribution in [3.8, 4) is 0 Å². The zero-order valence-electron chi connectivity index (χ0n) is 9.95. The van der Waals surface area contributed by atoms with E-state index in [1.807, 2.05) is 26.1 Å². The van der Waals surface area contributed by atoms with E-state index in [1.54, 1.807) is 6.92 Å². The van der Waals surface area contributed by atoms with Crippen molar-refractivity contribution < 1.29 is 4.79 Å². The fourth-order valence-corrected chi connectivity index (χ4v) is 1.50. The summed E-state index contributed by atoms with van der Waals surface area (Å²) in [6, 6.07) is 8.27. The Morgan fingerprint density at radius 1 is 1.40 bits per heavy atom. The molecule has 1 unspecified atom stereocenters. The van der Waals surface area contributed by atoms with Gasteiger partial charge in [-0.25, -0.2) is 0 Å². The lowest BCUT2D eigenvalue weighted by molar-refractivity contribution is -0.121. The van der Waals surface area contributed by atoms with E-state index < -0.39 is 0 Å². The normalized spacial score (nSPS) is 12.9. The van der Waals surface area contributed by atoms with Crippen LogP contribution in [0.3, 0.4) is 0 Å². The summed E-state index contributed by atoms with van der Waals surface area (Å²) in [5.41, 5.74) is 2.56. The fourth-order valence-electron chi connectivity index (χ4n) is 1.50. The first kappa shape index (κ1) is 11.9. The fraction of sp³-hybridized carbons (Fsp3) is 0.462. The molecule has 0 aromatic heterocycles. The molecule has 2 nitrogen and oxygen atoms in total. The van der Waals surface area contributed by atoms with Crippen molar-refractivity contribution in [2.24, 2.45) is 0 Å². The molecule has 0 bridgehead atoms. The minimum absolute atomic E-state index is 0.00962. The molecule has 0 N–H and O–H groups in total. The smallest absolute Gasteiger partial charge is 0.146 e. The van der Waals surface area contributed by atoms with Gasteiger partial charge in [0.1, 0.15) is 5.78 Å². The number of aryl methyl sites for hydroxylation is 1. The topological polar surface area (TPSA) is 20.3 Å². The Labute approximate surface area is 91.9 Å². The van der Waals surface area contributed by atoms with E-state index in [4.69, 9.17) is 0 Å². The molecule has 0 heterocycles. The molecule has 1 aromatic carbocycles. The zero-order chi connectivity index (χ0) is 11.4. The van der Waals surface area contributed by atoms with Gasteiger partial charge < -0.3 is 0 Å². The summed E-state index contributed by atoms with van der Waals surface area (Å²) in [5, 5.41) is 0. The molecule has 1 atom stereocenters. The van der Waals surface area contributed by atoms with Crippen LogP contribution in [0.15, 0.2) is 24.3 Å². The van der Waals surface area contributed by atoms with E-state index >= 15 is 0 Å². The summed E-state index contributed by atoms with van der Waals surface area (Å²) >= 11 is 0. The predicted molar refractivity (Wildman–Crippen MR) is 62.8 cm³/mol. The van der Waals surface area contributed by atoms with Crippen LogP contribution in [0, 0.1) is 6.92 Å². The molecule has 2 heteroatoms. The second-order valence-corrected chi connectivity index (χ2v) is 4.13. The lowest BCUT2D eigenvalue weighted by atomic mass is 10.1. The Morgan fingerprint density at radius 2 is 2.00 bits per heavy atom. The van der Waals surface area contributed by atoms with Crippen LogP contribution in [-0.4, -0.2) is 23.8 Å². The maximum atomic E-state index is 11.2. The number of rotatable bonds is 4. The lowest BCUT2D eigenvalue weighted by Crippen LogP contribution is -2.34. The Balaban J connectivity index is 2.70. The highest BCUT2D eigenvalue weighted by atomic mass is 16.1. The summed E-state index contributed by atoms with van der Waals surface area (Å²) in [7, 11) is 1.98. The summed E-state index contributed by atoms with van der Waals surface area (Å²) < 4.78 is 0. The zero-order valence-corrected chi connectivity index (χ0v) is 9.95. The molecule has 0 spiro atoms. The molecule has 82 valence electrons. The average Bonchev–Trinajstić information content (AvgIpc) is 2.20. The third-order valence-electron chi connectivity index (χ3n) is 2.93. The molecule has 1 rings (SSSR count). The highest BCUT2D eigenvalue weighted by molar-refractivity contribution is 5.80. The van der Waals surface area contributed by atoms with Crippen molar-refractivity contribution in [3.05, 3.63) is 35.4 Å². The molecule has 0 radical (unpaired) electrons. The van der Waals surface area contributed by atoms with Gasteiger partial charge in [0.25, 0.3) is 0 Å². The summed E-state index contributed by atoms with van der Waals surface area (Å²) in [6.45, 7) is 6.51. The van der Waals surface area contributed by atoms with Crippen molar-refractivity contribution in [3.63, 3.8) is 0 Å². The molecule has 0 saturated carbocycles. The molecule has 0 saturated heterocycles. The number of benzene rings is 1. The van der Waals surface area contributed by atoms with E-state index in [-0.39, 0.29) is 11.8 Å². The summed E-state index contributed by atoms with van der Waals surface area (Å²) in [6.07, 6.45) is 0. The van der Waals surface area contributed by atoms with Gasteiger partial charge in [0, 0.05) is 6.54 Å². The number of nitrogens with zero attached hydrogens (tertiary/aromatic N) is 1.